The van der Waals surface area contributed by atoms with Crippen molar-refractivity contribution in [2.45, 2.75) is 17.7 Å². The van der Waals surface area contributed by atoms with Gasteiger partial charge in [0.15, 0.2) is 0 Å². The van der Waals surface area contributed by atoms with Crippen molar-refractivity contribution in [3.05, 3.63) is 46.3 Å². The minimum atomic E-state index is -4.09. The Kier molecular flexibility index (Phi) is 4.07. The van der Waals surface area contributed by atoms with Crippen LogP contribution in [0, 0.1) is 18.6 Å². The first-order valence-corrected chi connectivity index (χ1v) is 7.82. The van der Waals surface area contributed by atoms with Crippen LogP contribution >= 0.6 is 11.3 Å². The van der Waals surface area contributed by atoms with Gasteiger partial charge in [0, 0.05) is 4.88 Å². The second-order valence-electron chi connectivity index (χ2n) is 4.03. The van der Waals surface area contributed by atoms with Crippen LogP contribution in [0.5, 0.6) is 0 Å². The fourth-order valence-corrected chi connectivity index (χ4v) is 4.08. The van der Waals surface area contributed by atoms with Gasteiger partial charge in [-0.25, -0.2) is 17.2 Å². The fraction of sp³-hybridized carbons (Fsp3) is 0.167. The van der Waals surface area contributed by atoms with Crippen molar-refractivity contribution in [1.29, 1.82) is 0 Å². The van der Waals surface area contributed by atoms with Crippen molar-refractivity contribution in [3.8, 4) is 0 Å². The first-order chi connectivity index (χ1) is 9.35. The van der Waals surface area contributed by atoms with E-state index in [0.717, 1.165) is 29.5 Å². The monoisotopic (exact) mass is 319 g/mol. The van der Waals surface area contributed by atoms with Gasteiger partial charge in [0.05, 0.1) is 6.61 Å². The summed E-state index contributed by atoms with van der Waals surface area (Å²) in [7, 11) is -4.09. The van der Waals surface area contributed by atoms with Crippen LogP contribution in [0.25, 0.3) is 0 Å². The zero-order valence-electron chi connectivity index (χ0n) is 10.4. The van der Waals surface area contributed by atoms with Gasteiger partial charge in [-0.05, 0) is 30.7 Å². The summed E-state index contributed by atoms with van der Waals surface area (Å²) in [6.45, 7) is 1.35. The van der Waals surface area contributed by atoms with E-state index in [4.69, 9.17) is 5.11 Å². The summed E-state index contributed by atoms with van der Waals surface area (Å²) in [5.74, 6) is -1.99. The quantitative estimate of drug-likeness (QED) is 0.910. The molecule has 108 valence electrons. The molecule has 4 nitrogen and oxygen atoms in total. The highest BCUT2D eigenvalue weighted by Gasteiger charge is 2.22. The van der Waals surface area contributed by atoms with Gasteiger partial charge in [0.25, 0.3) is 10.0 Å². The number of hydrogen-bond donors (Lipinski definition) is 2. The van der Waals surface area contributed by atoms with E-state index in [9.17, 15) is 17.2 Å². The summed E-state index contributed by atoms with van der Waals surface area (Å²) < 4.78 is 52.8. The highest BCUT2D eigenvalue weighted by Crippen LogP contribution is 2.29. The molecule has 1 heterocycles. The van der Waals surface area contributed by atoms with Crippen molar-refractivity contribution in [2.75, 3.05) is 4.72 Å². The van der Waals surface area contributed by atoms with Crippen LogP contribution in [0.3, 0.4) is 0 Å². The molecule has 0 aliphatic carbocycles. The van der Waals surface area contributed by atoms with Gasteiger partial charge in [-0.3, -0.25) is 4.72 Å². The van der Waals surface area contributed by atoms with E-state index in [-0.39, 0.29) is 10.8 Å². The van der Waals surface area contributed by atoms with Crippen molar-refractivity contribution in [1.82, 2.24) is 0 Å². The SMILES string of the molecule is Cc1cc(S(=O)(=O)Nc2c(F)cccc2F)sc1CO. The standard InChI is InChI=1S/C12H11F2NO3S2/c1-7-5-11(19-10(7)6-16)20(17,18)15-12-8(13)3-2-4-9(12)14/h2-5,15-16H,6H2,1H3. The second-order valence-corrected chi connectivity index (χ2v) is 7.08. The molecule has 0 aliphatic rings. The highest BCUT2D eigenvalue weighted by molar-refractivity contribution is 7.94. The van der Waals surface area contributed by atoms with Gasteiger partial charge >= 0.3 is 0 Å². The number of halogens is 2. The minimum Gasteiger partial charge on any atom is -0.391 e. The van der Waals surface area contributed by atoms with Gasteiger partial charge in [0.1, 0.15) is 21.5 Å². The molecule has 2 N–H and O–H groups in total. The van der Waals surface area contributed by atoms with Crippen LogP contribution in [0.15, 0.2) is 28.5 Å². The Hall–Kier alpha value is -1.51. The number of anilines is 1. The number of hydrogen-bond acceptors (Lipinski definition) is 4. The molecule has 0 atom stereocenters. The first kappa shape index (κ1) is 14.9. The molecule has 2 aromatic rings. The molecule has 0 fully saturated rings. The maximum atomic E-state index is 13.4. The smallest absolute Gasteiger partial charge is 0.271 e. The molecule has 0 amide bonds. The number of benzene rings is 1. The van der Waals surface area contributed by atoms with E-state index >= 15 is 0 Å². The maximum absolute atomic E-state index is 13.4. The summed E-state index contributed by atoms with van der Waals surface area (Å²) in [5.41, 5.74) is -0.115. The Morgan fingerprint density at radius 2 is 1.90 bits per heavy atom. The van der Waals surface area contributed by atoms with Crippen LogP contribution in [0.4, 0.5) is 14.5 Å². The van der Waals surface area contributed by atoms with Gasteiger partial charge in [-0.2, -0.15) is 0 Å². The predicted molar refractivity (Wildman–Crippen MR) is 72.1 cm³/mol. The number of aryl methyl sites for hydroxylation is 1. The minimum absolute atomic E-state index is 0.110. The number of sulfonamides is 1. The average molecular weight is 319 g/mol. The molecule has 1 aromatic carbocycles. The average Bonchev–Trinajstić information content (AvgIpc) is 2.76. The molecular formula is C12H11F2NO3S2. The number of aliphatic hydroxyl groups excluding tert-OH is 1. The summed E-state index contributed by atoms with van der Waals surface area (Å²) in [4.78, 5) is 0.486. The van der Waals surface area contributed by atoms with Crippen molar-refractivity contribution in [3.63, 3.8) is 0 Å². The third-order valence-corrected chi connectivity index (χ3v) is 5.65. The summed E-state index contributed by atoms with van der Waals surface area (Å²) in [6.07, 6.45) is 0. The van der Waals surface area contributed by atoms with E-state index in [0.29, 0.717) is 10.4 Å². The summed E-state index contributed by atoms with van der Waals surface area (Å²) >= 11 is 0.852. The lowest BCUT2D eigenvalue weighted by Gasteiger charge is -2.08. The lowest BCUT2D eigenvalue weighted by Crippen LogP contribution is -2.14. The number of para-hydroxylation sites is 1. The van der Waals surface area contributed by atoms with Gasteiger partial charge < -0.3 is 5.11 Å². The van der Waals surface area contributed by atoms with Crippen LogP contribution in [0.2, 0.25) is 0 Å². The zero-order chi connectivity index (χ0) is 14.9. The molecule has 0 spiro atoms. The highest BCUT2D eigenvalue weighted by atomic mass is 32.2. The lowest BCUT2D eigenvalue weighted by atomic mass is 10.3. The molecule has 20 heavy (non-hydrogen) atoms. The molecular weight excluding hydrogens is 308 g/mol. The normalized spacial score (nSPS) is 11.6. The van der Waals surface area contributed by atoms with Crippen LogP contribution in [-0.4, -0.2) is 13.5 Å². The van der Waals surface area contributed by atoms with E-state index in [1.54, 1.807) is 6.92 Å². The van der Waals surface area contributed by atoms with Crippen LogP contribution in [-0.2, 0) is 16.6 Å². The molecule has 2 rings (SSSR count). The Bertz CT molecular complexity index is 721. The number of aliphatic hydroxyl groups is 1. The third-order valence-electron chi connectivity index (χ3n) is 2.61. The predicted octanol–water partition coefficient (Wildman–Crippen LogP) is 2.63. The molecule has 0 bridgehead atoms. The fourth-order valence-electron chi connectivity index (χ4n) is 1.56. The van der Waals surface area contributed by atoms with E-state index in [1.165, 1.54) is 6.07 Å². The molecule has 0 radical (unpaired) electrons. The zero-order valence-corrected chi connectivity index (χ0v) is 12.0. The third kappa shape index (κ3) is 2.82. The van der Waals surface area contributed by atoms with Crippen molar-refractivity contribution < 1.29 is 22.3 Å². The largest absolute Gasteiger partial charge is 0.391 e. The van der Waals surface area contributed by atoms with Gasteiger partial charge in [-0.1, -0.05) is 6.07 Å². The lowest BCUT2D eigenvalue weighted by molar-refractivity contribution is 0.285. The number of nitrogens with one attached hydrogen (secondary N) is 1. The van der Waals surface area contributed by atoms with Crippen molar-refractivity contribution >= 4 is 27.0 Å². The Morgan fingerprint density at radius 1 is 1.30 bits per heavy atom. The molecule has 0 aliphatic heterocycles. The number of thiophene rings is 1. The Morgan fingerprint density at radius 3 is 2.40 bits per heavy atom. The van der Waals surface area contributed by atoms with E-state index in [1.807, 2.05) is 4.72 Å². The Balaban J connectivity index is 2.41. The molecule has 0 saturated carbocycles. The molecule has 8 heteroatoms. The topological polar surface area (TPSA) is 66.4 Å². The van der Waals surface area contributed by atoms with E-state index in [2.05, 4.69) is 0 Å². The molecule has 1 aromatic heterocycles. The number of rotatable bonds is 4. The van der Waals surface area contributed by atoms with Crippen LogP contribution in [0.1, 0.15) is 10.4 Å². The summed E-state index contributed by atoms with van der Waals surface area (Å²) in [6, 6.07) is 4.40. The van der Waals surface area contributed by atoms with Crippen molar-refractivity contribution in [2.24, 2.45) is 0 Å². The van der Waals surface area contributed by atoms with E-state index < -0.39 is 27.3 Å². The van der Waals surface area contributed by atoms with Crippen LogP contribution < -0.4 is 4.72 Å². The maximum Gasteiger partial charge on any atom is 0.271 e. The molecule has 0 unspecified atom stereocenters. The van der Waals surface area contributed by atoms with Gasteiger partial charge in [-0.15, -0.1) is 11.3 Å². The second kappa shape index (κ2) is 5.47. The molecule has 0 saturated heterocycles. The van der Waals surface area contributed by atoms with Gasteiger partial charge in [0.2, 0.25) is 0 Å². The first-order valence-electron chi connectivity index (χ1n) is 5.52. The summed E-state index contributed by atoms with van der Waals surface area (Å²) in [5, 5.41) is 9.05. The Labute approximate surface area is 118 Å².